The molecule has 0 fully saturated rings. The molecular weight excluding hydrogens is 210 g/mol. The summed E-state index contributed by atoms with van der Waals surface area (Å²) in [5, 5.41) is 0. The molecule has 2 heteroatoms. The van der Waals surface area contributed by atoms with Crippen molar-refractivity contribution in [1.29, 1.82) is 0 Å². The molecule has 0 unspecified atom stereocenters. The van der Waals surface area contributed by atoms with Crippen LogP contribution in [0.1, 0.15) is 19.4 Å². The number of benzene rings is 1. The molecule has 17 heavy (non-hydrogen) atoms. The summed E-state index contributed by atoms with van der Waals surface area (Å²) in [6.45, 7) is 5.43. The van der Waals surface area contributed by atoms with Gasteiger partial charge in [0.15, 0.2) is 0 Å². The zero-order valence-electron chi connectivity index (χ0n) is 11.5. The fourth-order valence-corrected chi connectivity index (χ4v) is 2.17. The van der Waals surface area contributed by atoms with Gasteiger partial charge in [0.2, 0.25) is 0 Å². The fraction of sp³-hybridized carbons (Fsp3) is 0.467. The molecular formula is C15H23NO. The molecule has 1 atom stereocenters. The Kier molecular flexibility index (Phi) is 5.23. The minimum Gasteiger partial charge on any atom is -0.497 e. The van der Waals surface area contributed by atoms with Gasteiger partial charge in [0.25, 0.3) is 0 Å². The van der Waals surface area contributed by atoms with Gasteiger partial charge in [0.05, 0.1) is 7.11 Å². The molecule has 2 nitrogen and oxygen atoms in total. The van der Waals surface area contributed by atoms with Gasteiger partial charge in [-0.2, -0.15) is 0 Å². The van der Waals surface area contributed by atoms with Crippen LogP contribution in [-0.4, -0.2) is 32.6 Å². The van der Waals surface area contributed by atoms with Gasteiger partial charge in [-0.25, -0.2) is 0 Å². The number of hydrogen-bond acceptors (Lipinski definition) is 2. The van der Waals surface area contributed by atoms with Gasteiger partial charge >= 0.3 is 0 Å². The van der Waals surface area contributed by atoms with Crippen molar-refractivity contribution in [2.24, 2.45) is 5.92 Å². The lowest BCUT2D eigenvalue weighted by atomic mass is 9.93. The van der Waals surface area contributed by atoms with Gasteiger partial charge < -0.3 is 9.64 Å². The molecule has 1 aromatic rings. The predicted molar refractivity (Wildman–Crippen MR) is 74.4 cm³/mol. The zero-order valence-corrected chi connectivity index (χ0v) is 11.5. The summed E-state index contributed by atoms with van der Waals surface area (Å²) in [5.41, 5.74) is 2.67. The lowest BCUT2D eigenvalue weighted by molar-refractivity contribution is 0.376. The zero-order chi connectivity index (χ0) is 12.8. The van der Waals surface area contributed by atoms with E-state index < -0.39 is 0 Å². The predicted octanol–water partition coefficient (Wildman–Crippen LogP) is 3.30. The largest absolute Gasteiger partial charge is 0.497 e. The van der Waals surface area contributed by atoms with Crippen LogP contribution in [0.2, 0.25) is 0 Å². The summed E-state index contributed by atoms with van der Waals surface area (Å²) in [7, 11) is 5.91. The molecule has 0 heterocycles. The molecule has 0 N–H and O–H groups in total. The van der Waals surface area contributed by atoms with Crippen molar-refractivity contribution in [3.05, 3.63) is 35.9 Å². The van der Waals surface area contributed by atoms with Crippen molar-refractivity contribution in [3.8, 4) is 5.75 Å². The minimum atomic E-state index is 0.531. The quantitative estimate of drug-likeness (QED) is 0.773. The first-order valence-corrected chi connectivity index (χ1v) is 6.03. The van der Waals surface area contributed by atoms with Gasteiger partial charge in [-0.3, -0.25) is 0 Å². The fourth-order valence-electron chi connectivity index (χ4n) is 2.17. The second-order valence-corrected chi connectivity index (χ2v) is 4.64. The normalized spacial score (nSPS) is 13.9. The van der Waals surface area contributed by atoms with Crippen molar-refractivity contribution < 1.29 is 4.74 Å². The average molecular weight is 233 g/mol. The van der Waals surface area contributed by atoms with Crippen LogP contribution in [0, 0.1) is 5.92 Å². The third kappa shape index (κ3) is 3.90. The van der Waals surface area contributed by atoms with E-state index in [0.29, 0.717) is 5.92 Å². The molecule has 0 aliphatic heterocycles. The Morgan fingerprint density at radius 2 is 1.88 bits per heavy atom. The van der Waals surface area contributed by atoms with Gasteiger partial charge in [-0.05, 0) is 50.2 Å². The first-order chi connectivity index (χ1) is 8.08. The third-order valence-corrected chi connectivity index (χ3v) is 2.90. The average Bonchev–Trinajstić information content (AvgIpc) is 2.30. The Bertz CT molecular complexity index is 365. The number of hydrogen-bond donors (Lipinski definition) is 0. The Hall–Kier alpha value is -1.28. The summed E-state index contributed by atoms with van der Waals surface area (Å²) < 4.78 is 5.18. The van der Waals surface area contributed by atoms with E-state index in [4.69, 9.17) is 4.74 Å². The smallest absolute Gasteiger partial charge is 0.118 e. The van der Waals surface area contributed by atoms with Crippen LogP contribution < -0.4 is 4.74 Å². The molecule has 0 bridgehead atoms. The van der Waals surface area contributed by atoms with Crippen molar-refractivity contribution in [3.63, 3.8) is 0 Å². The highest BCUT2D eigenvalue weighted by Crippen LogP contribution is 2.25. The lowest BCUT2D eigenvalue weighted by Crippen LogP contribution is -2.20. The molecule has 0 saturated carbocycles. The number of allylic oxidation sites excluding steroid dienone is 1. The van der Waals surface area contributed by atoms with Gasteiger partial charge in [0, 0.05) is 6.54 Å². The number of nitrogens with zero attached hydrogens (tertiary/aromatic N) is 1. The first-order valence-electron chi connectivity index (χ1n) is 6.03. The van der Waals surface area contributed by atoms with E-state index in [0.717, 1.165) is 12.3 Å². The monoisotopic (exact) mass is 233 g/mol. The summed E-state index contributed by atoms with van der Waals surface area (Å²) >= 11 is 0. The van der Waals surface area contributed by atoms with Crippen LogP contribution >= 0.6 is 0 Å². The second kappa shape index (κ2) is 6.45. The van der Waals surface area contributed by atoms with Crippen LogP contribution in [-0.2, 0) is 0 Å². The highest BCUT2D eigenvalue weighted by Gasteiger charge is 2.11. The van der Waals surface area contributed by atoms with Crippen LogP contribution in [0.3, 0.4) is 0 Å². The summed E-state index contributed by atoms with van der Waals surface area (Å²) in [6, 6.07) is 8.28. The Labute approximate surface area is 105 Å². The van der Waals surface area contributed by atoms with Gasteiger partial charge in [-0.1, -0.05) is 25.1 Å². The lowest BCUT2D eigenvalue weighted by Gasteiger charge is -2.20. The van der Waals surface area contributed by atoms with E-state index >= 15 is 0 Å². The molecule has 0 spiro atoms. The molecule has 0 radical (unpaired) electrons. The molecule has 0 aliphatic carbocycles. The van der Waals surface area contributed by atoms with Crippen LogP contribution in [0.15, 0.2) is 30.3 Å². The molecule has 0 aliphatic rings. The van der Waals surface area contributed by atoms with Gasteiger partial charge in [-0.15, -0.1) is 0 Å². The Balaban J connectivity index is 2.86. The standard InChI is InChI=1S/C15H23NO/c1-6-15(12(2)11-16(3)4)13-7-9-14(17-5)10-8-13/h6-10,12H,11H2,1-5H3/b15-6+/t12-/m0/s1. The third-order valence-electron chi connectivity index (χ3n) is 2.90. The summed E-state index contributed by atoms with van der Waals surface area (Å²) in [4.78, 5) is 2.22. The number of rotatable bonds is 5. The van der Waals surface area contributed by atoms with Crippen molar-refractivity contribution in [1.82, 2.24) is 4.90 Å². The molecule has 1 aromatic carbocycles. The van der Waals surface area contributed by atoms with Crippen LogP contribution in [0.25, 0.3) is 5.57 Å². The van der Waals surface area contributed by atoms with E-state index in [1.54, 1.807) is 7.11 Å². The number of ether oxygens (including phenoxy) is 1. The minimum absolute atomic E-state index is 0.531. The van der Waals surface area contributed by atoms with Crippen LogP contribution in [0.4, 0.5) is 0 Å². The van der Waals surface area contributed by atoms with E-state index in [-0.39, 0.29) is 0 Å². The van der Waals surface area contributed by atoms with Crippen molar-refractivity contribution >= 4 is 5.57 Å². The van der Waals surface area contributed by atoms with Crippen LogP contribution in [0.5, 0.6) is 5.75 Å². The van der Waals surface area contributed by atoms with E-state index in [1.807, 2.05) is 12.1 Å². The first kappa shape index (κ1) is 13.8. The van der Waals surface area contributed by atoms with Crippen molar-refractivity contribution in [2.45, 2.75) is 13.8 Å². The maximum absolute atomic E-state index is 5.18. The SMILES string of the molecule is C/C=C(/c1ccc(OC)cc1)[C@@H](C)CN(C)C. The second-order valence-electron chi connectivity index (χ2n) is 4.64. The van der Waals surface area contributed by atoms with E-state index in [2.05, 4.69) is 51.1 Å². The van der Waals surface area contributed by atoms with E-state index in [1.165, 1.54) is 11.1 Å². The molecule has 94 valence electrons. The molecule has 1 rings (SSSR count). The maximum atomic E-state index is 5.18. The highest BCUT2D eigenvalue weighted by atomic mass is 16.5. The Morgan fingerprint density at radius 1 is 1.29 bits per heavy atom. The van der Waals surface area contributed by atoms with E-state index in [9.17, 15) is 0 Å². The van der Waals surface area contributed by atoms with Gasteiger partial charge in [0.1, 0.15) is 5.75 Å². The molecule has 0 saturated heterocycles. The number of methoxy groups -OCH3 is 1. The highest BCUT2D eigenvalue weighted by molar-refractivity contribution is 5.67. The Morgan fingerprint density at radius 3 is 2.29 bits per heavy atom. The summed E-state index contributed by atoms with van der Waals surface area (Å²) in [6.07, 6.45) is 2.20. The summed E-state index contributed by atoms with van der Waals surface area (Å²) in [5.74, 6) is 1.44. The topological polar surface area (TPSA) is 12.5 Å². The maximum Gasteiger partial charge on any atom is 0.118 e. The van der Waals surface area contributed by atoms with Crippen molar-refractivity contribution in [2.75, 3.05) is 27.7 Å². The molecule has 0 amide bonds. The molecule has 0 aromatic heterocycles.